The van der Waals surface area contributed by atoms with E-state index in [0.29, 0.717) is 23.1 Å². The molecule has 0 amide bonds. The number of hydrogen-bond acceptors (Lipinski definition) is 6. The minimum atomic E-state index is -4.61. The van der Waals surface area contributed by atoms with Crippen molar-refractivity contribution >= 4 is 11.8 Å². The normalized spacial score (nSPS) is 11.6. The van der Waals surface area contributed by atoms with Gasteiger partial charge < -0.3 is 4.57 Å². The molecular formula is C21H17F3N6S. The molecular weight excluding hydrogens is 425 g/mol. The highest BCUT2D eigenvalue weighted by Gasteiger charge is 2.34. The summed E-state index contributed by atoms with van der Waals surface area (Å²) in [5.41, 5.74) is 1.39. The molecule has 158 valence electrons. The van der Waals surface area contributed by atoms with E-state index in [0.717, 1.165) is 29.0 Å². The van der Waals surface area contributed by atoms with E-state index in [4.69, 9.17) is 0 Å². The van der Waals surface area contributed by atoms with Crippen LogP contribution in [0.25, 0.3) is 22.8 Å². The van der Waals surface area contributed by atoms with Crippen LogP contribution >= 0.6 is 11.8 Å². The van der Waals surface area contributed by atoms with Crippen LogP contribution in [-0.2, 0) is 12.7 Å². The summed E-state index contributed by atoms with van der Waals surface area (Å²) in [4.78, 5) is 11.9. The molecule has 0 aliphatic heterocycles. The van der Waals surface area contributed by atoms with Gasteiger partial charge in [-0.15, -0.1) is 10.2 Å². The average molecular weight is 442 g/mol. The number of halogens is 3. The molecule has 4 rings (SSSR count). The molecule has 0 saturated carbocycles. The van der Waals surface area contributed by atoms with Gasteiger partial charge in [0.2, 0.25) is 0 Å². The Hall–Kier alpha value is -3.27. The van der Waals surface area contributed by atoms with Gasteiger partial charge in [-0.1, -0.05) is 23.8 Å². The molecule has 0 aliphatic carbocycles. The first-order valence-corrected chi connectivity index (χ1v) is 10.2. The van der Waals surface area contributed by atoms with Gasteiger partial charge in [0, 0.05) is 36.1 Å². The van der Waals surface area contributed by atoms with Gasteiger partial charge in [-0.2, -0.15) is 13.2 Å². The van der Waals surface area contributed by atoms with Crippen LogP contribution in [-0.4, -0.2) is 29.7 Å². The number of benzene rings is 1. The van der Waals surface area contributed by atoms with Crippen LogP contribution in [0.2, 0.25) is 0 Å². The number of alkyl halides is 3. The van der Waals surface area contributed by atoms with Gasteiger partial charge in [0.1, 0.15) is 10.7 Å². The first-order chi connectivity index (χ1) is 14.8. The van der Waals surface area contributed by atoms with Gasteiger partial charge in [0.15, 0.2) is 16.8 Å². The molecule has 0 atom stereocenters. The number of hydrogen-bond donors (Lipinski definition) is 0. The Morgan fingerprint density at radius 2 is 1.74 bits per heavy atom. The first kappa shape index (κ1) is 21.0. The summed E-state index contributed by atoms with van der Waals surface area (Å²) in [6.45, 7) is 4.45. The third-order valence-electron chi connectivity index (χ3n) is 4.44. The van der Waals surface area contributed by atoms with Crippen molar-refractivity contribution in [2.24, 2.45) is 0 Å². The van der Waals surface area contributed by atoms with Crippen LogP contribution in [0.5, 0.6) is 0 Å². The van der Waals surface area contributed by atoms with Crippen LogP contribution in [0.15, 0.2) is 65.0 Å². The monoisotopic (exact) mass is 442 g/mol. The second-order valence-electron chi connectivity index (χ2n) is 6.67. The van der Waals surface area contributed by atoms with E-state index in [2.05, 4.69) is 25.1 Å². The van der Waals surface area contributed by atoms with Crippen molar-refractivity contribution < 1.29 is 13.2 Å². The fraction of sp³-hybridized carbons (Fsp3) is 0.190. The fourth-order valence-electron chi connectivity index (χ4n) is 2.99. The van der Waals surface area contributed by atoms with Gasteiger partial charge in [-0.05, 0) is 43.8 Å². The lowest BCUT2D eigenvalue weighted by molar-refractivity contribution is -0.141. The number of nitrogens with zero attached hydrogens (tertiary/aromatic N) is 6. The van der Waals surface area contributed by atoms with Crippen LogP contribution < -0.4 is 0 Å². The zero-order valence-electron chi connectivity index (χ0n) is 16.6. The van der Waals surface area contributed by atoms with E-state index in [1.165, 1.54) is 12.4 Å². The maximum atomic E-state index is 13.5. The van der Waals surface area contributed by atoms with E-state index in [9.17, 15) is 13.2 Å². The molecule has 0 N–H and O–H groups in total. The smallest absolute Gasteiger partial charge is 0.302 e. The van der Waals surface area contributed by atoms with E-state index >= 15 is 0 Å². The summed E-state index contributed by atoms with van der Waals surface area (Å²) in [5.74, 6) is 0.620. The minimum absolute atomic E-state index is 0.0267. The SMILES string of the molecule is CCn1c(Sc2cc(C(F)(F)F)nc(-c3ccncc3)n2)nnc1-c1cccc(C)c1. The lowest BCUT2D eigenvalue weighted by Gasteiger charge is -2.11. The Morgan fingerprint density at radius 1 is 0.968 bits per heavy atom. The minimum Gasteiger partial charge on any atom is -0.302 e. The van der Waals surface area contributed by atoms with Crippen molar-refractivity contribution in [3.8, 4) is 22.8 Å². The Balaban J connectivity index is 1.76. The highest BCUT2D eigenvalue weighted by molar-refractivity contribution is 7.99. The van der Waals surface area contributed by atoms with Crippen molar-refractivity contribution in [3.63, 3.8) is 0 Å². The quantitative estimate of drug-likeness (QED) is 0.391. The van der Waals surface area contributed by atoms with Crippen molar-refractivity contribution in [2.75, 3.05) is 0 Å². The van der Waals surface area contributed by atoms with Crippen molar-refractivity contribution in [2.45, 2.75) is 36.8 Å². The predicted molar refractivity (Wildman–Crippen MR) is 110 cm³/mol. The van der Waals surface area contributed by atoms with Crippen molar-refractivity contribution in [1.29, 1.82) is 0 Å². The lowest BCUT2D eigenvalue weighted by Crippen LogP contribution is -2.10. The molecule has 0 spiro atoms. The molecule has 6 nitrogen and oxygen atoms in total. The first-order valence-electron chi connectivity index (χ1n) is 9.40. The maximum Gasteiger partial charge on any atom is 0.433 e. The van der Waals surface area contributed by atoms with Gasteiger partial charge >= 0.3 is 6.18 Å². The molecule has 0 aliphatic rings. The summed E-state index contributed by atoms with van der Waals surface area (Å²) in [5, 5.41) is 9.05. The Morgan fingerprint density at radius 3 is 2.42 bits per heavy atom. The second-order valence-corrected chi connectivity index (χ2v) is 7.66. The standard InChI is InChI=1S/C21H17F3N6S/c1-3-30-19(15-6-4-5-13(2)11-15)28-29-20(30)31-17-12-16(21(22,23)24)26-18(27-17)14-7-9-25-10-8-14/h4-12H,3H2,1-2H3. The molecule has 4 aromatic rings. The van der Waals surface area contributed by atoms with Crippen LogP contribution in [0.1, 0.15) is 18.2 Å². The van der Waals surface area contributed by atoms with E-state index in [1.807, 2.05) is 42.7 Å². The van der Waals surface area contributed by atoms with Gasteiger partial charge in [-0.25, -0.2) is 9.97 Å². The summed E-state index contributed by atoms with van der Waals surface area (Å²) < 4.78 is 42.2. The summed E-state index contributed by atoms with van der Waals surface area (Å²) in [6.07, 6.45) is -1.65. The zero-order valence-corrected chi connectivity index (χ0v) is 17.4. The predicted octanol–water partition coefficient (Wildman–Crippen LogP) is 5.30. The average Bonchev–Trinajstić information content (AvgIpc) is 3.16. The highest BCUT2D eigenvalue weighted by Crippen LogP contribution is 2.34. The largest absolute Gasteiger partial charge is 0.433 e. The molecule has 0 unspecified atom stereocenters. The number of pyridine rings is 1. The second kappa shape index (κ2) is 8.46. The van der Waals surface area contributed by atoms with Crippen LogP contribution in [0, 0.1) is 6.92 Å². The Kier molecular flexibility index (Phi) is 5.73. The molecule has 10 heteroatoms. The van der Waals surface area contributed by atoms with Gasteiger partial charge in [0.25, 0.3) is 0 Å². The Labute approximate surface area is 180 Å². The van der Waals surface area contributed by atoms with E-state index in [1.54, 1.807) is 12.1 Å². The fourth-order valence-corrected chi connectivity index (χ4v) is 3.89. The number of aryl methyl sites for hydroxylation is 1. The molecule has 3 heterocycles. The molecule has 0 bridgehead atoms. The van der Waals surface area contributed by atoms with E-state index in [-0.39, 0.29) is 10.9 Å². The molecule has 0 fully saturated rings. The summed E-state index contributed by atoms with van der Waals surface area (Å²) >= 11 is 1.02. The third-order valence-corrected chi connectivity index (χ3v) is 5.34. The molecule has 31 heavy (non-hydrogen) atoms. The lowest BCUT2D eigenvalue weighted by atomic mass is 10.1. The Bertz CT molecular complexity index is 1210. The van der Waals surface area contributed by atoms with Crippen LogP contribution in [0.3, 0.4) is 0 Å². The third kappa shape index (κ3) is 4.58. The van der Waals surface area contributed by atoms with Crippen molar-refractivity contribution in [3.05, 3.63) is 66.1 Å². The van der Waals surface area contributed by atoms with E-state index < -0.39 is 11.9 Å². The highest BCUT2D eigenvalue weighted by atomic mass is 32.2. The van der Waals surface area contributed by atoms with Crippen molar-refractivity contribution in [1.82, 2.24) is 29.7 Å². The van der Waals surface area contributed by atoms with Gasteiger partial charge in [0.05, 0.1) is 0 Å². The summed E-state index contributed by atoms with van der Waals surface area (Å²) in [7, 11) is 0. The topological polar surface area (TPSA) is 69.4 Å². The molecule has 0 saturated heterocycles. The zero-order chi connectivity index (χ0) is 22.0. The molecule has 0 radical (unpaired) electrons. The summed E-state index contributed by atoms with van der Waals surface area (Å²) in [6, 6.07) is 11.9. The maximum absolute atomic E-state index is 13.5. The molecule has 1 aromatic carbocycles. The number of rotatable bonds is 5. The van der Waals surface area contributed by atoms with Crippen LogP contribution in [0.4, 0.5) is 13.2 Å². The number of aromatic nitrogens is 6. The molecule has 3 aromatic heterocycles. The van der Waals surface area contributed by atoms with Gasteiger partial charge in [-0.3, -0.25) is 4.98 Å².